The van der Waals surface area contributed by atoms with Gasteiger partial charge in [-0.3, -0.25) is 0 Å². The number of ether oxygens (including phenoxy) is 2. The summed E-state index contributed by atoms with van der Waals surface area (Å²) in [6, 6.07) is 3.85. The molecule has 0 aromatic heterocycles. The van der Waals surface area contributed by atoms with Crippen molar-refractivity contribution in [3.05, 3.63) is 22.9 Å². The number of anilines is 1. The minimum atomic E-state index is 0.133. The molecule has 0 spiro atoms. The molecule has 0 aliphatic carbocycles. The lowest BCUT2D eigenvalue weighted by Crippen LogP contribution is -2.57. The fourth-order valence-electron chi connectivity index (χ4n) is 5.28. The van der Waals surface area contributed by atoms with Gasteiger partial charge in [0.15, 0.2) is 34.0 Å². The Morgan fingerprint density at radius 1 is 1.15 bits per heavy atom. The van der Waals surface area contributed by atoms with Crippen LogP contribution < -0.4 is 20.5 Å². The van der Waals surface area contributed by atoms with Crippen LogP contribution >= 0.6 is 27.7 Å². The molecule has 5 rings (SSSR count). The van der Waals surface area contributed by atoms with Gasteiger partial charge in [-0.15, -0.1) is 0 Å². The summed E-state index contributed by atoms with van der Waals surface area (Å²) < 4.78 is 13.9. The van der Waals surface area contributed by atoms with E-state index in [1.54, 1.807) is 6.33 Å². The number of nitrogens with two attached hydrogens (primary N) is 1. The van der Waals surface area contributed by atoms with Crippen LogP contribution in [0.4, 0.5) is 5.82 Å². The van der Waals surface area contributed by atoms with E-state index in [0.29, 0.717) is 22.6 Å². The van der Waals surface area contributed by atoms with E-state index >= 15 is 0 Å². The smallest absolute Gasteiger partial charge is 0.231 e. The number of rotatable bonds is 5. The zero-order chi connectivity index (χ0) is 23.4. The molecule has 4 heterocycles. The number of hydrogen-bond donors (Lipinski definition) is 2. The second kappa shape index (κ2) is 8.32. The van der Waals surface area contributed by atoms with Crippen molar-refractivity contribution in [3.8, 4) is 23.0 Å². The molecule has 3 N–H and O–H groups in total. The average Bonchev–Trinajstić information content (AvgIpc) is 3.32. The van der Waals surface area contributed by atoms with Crippen LogP contribution in [-0.2, 0) is 6.54 Å². The summed E-state index contributed by atoms with van der Waals surface area (Å²) in [6.07, 6.45) is 5.14. The molecular formula is C23H29BrN6O2S. The fraction of sp³-hybridized carbons (Fsp3) is 0.522. The number of hydrogen-bond acceptors (Lipinski definition) is 8. The highest BCUT2D eigenvalue weighted by Crippen LogP contribution is 2.43. The number of benzene rings is 1. The van der Waals surface area contributed by atoms with Gasteiger partial charge in [0.05, 0.1) is 6.33 Å². The number of fused-ring (bicyclic) bond motifs is 2. The van der Waals surface area contributed by atoms with Gasteiger partial charge in [0.25, 0.3) is 0 Å². The lowest BCUT2D eigenvalue weighted by molar-refractivity contribution is 0.121. The Kier molecular flexibility index (Phi) is 5.73. The average molecular weight is 533 g/mol. The summed E-state index contributed by atoms with van der Waals surface area (Å²) in [6.45, 7) is 10.2. The van der Waals surface area contributed by atoms with Crippen LogP contribution in [0.1, 0.15) is 47.0 Å². The zero-order valence-electron chi connectivity index (χ0n) is 19.3. The topological polar surface area (TPSA) is 100 Å². The van der Waals surface area contributed by atoms with E-state index < -0.39 is 0 Å². The number of imidazole rings is 1. The third-order valence-corrected chi connectivity index (χ3v) is 7.99. The van der Waals surface area contributed by atoms with Crippen molar-refractivity contribution in [1.29, 1.82) is 0 Å². The molecule has 0 radical (unpaired) electrons. The third kappa shape index (κ3) is 4.79. The summed E-state index contributed by atoms with van der Waals surface area (Å²) in [5, 5.41) is 4.39. The van der Waals surface area contributed by atoms with Crippen molar-refractivity contribution in [2.45, 2.75) is 74.6 Å². The van der Waals surface area contributed by atoms with Crippen molar-refractivity contribution < 1.29 is 9.47 Å². The van der Waals surface area contributed by atoms with E-state index in [4.69, 9.17) is 20.2 Å². The molecule has 1 aromatic rings. The molecule has 0 atom stereocenters. The molecular weight excluding hydrogens is 504 g/mol. The number of halogens is 1. The van der Waals surface area contributed by atoms with Crippen LogP contribution in [0.3, 0.4) is 0 Å². The Hall–Kier alpha value is -2.04. The number of piperidine rings is 1. The van der Waals surface area contributed by atoms with Crippen molar-refractivity contribution >= 4 is 33.5 Å². The molecule has 176 valence electrons. The lowest BCUT2D eigenvalue weighted by atomic mass is 9.75. The first kappa shape index (κ1) is 22.7. The van der Waals surface area contributed by atoms with Gasteiger partial charge in [0, 0.05) is 27.0 Å². The highest BCUT2D eigenvalue weighted by atomic mass is 79.9. The summed E-state index contributed by atoms with van der Waals surface area (Å²) in [5.74, 6) is 3.25. The second-order valence-corrected chi connectivity index (χ2v) is 12.1. The SMILES string of the molecule is CC1(C)CC(CCn2cnc(N)c3nc(Sc4cc5c(cc4Br)OCO5)nc2-3)CC(C)(C)N1. The maximum Gasteiger partial charge on any atom is 0.231 e. The zero-order valence-corrected chi connectivity index (χ0v) is 21.7. The van der Waals surface area contributed by atoms with Gasteiger partial charge >= 0.3 is 0 Å². The van der Waals surface area contributed by atoms with Crippen LogP contribution in [0.25, 0.3) is 11.5 Å². The van der Waals surface area contributed by atoms with E-state index in [9.17, 15) is 0 Å². The normalized spacial score (nSPS) is 19.3. The minimum absolute atomic E-state index is 0.133. The fourth-order valence-corrected chi connectivity index (χ4v) is 6.63. The molecule has 1 fully saturated rings. The Bertz CT molecular complexity index is 1150. The summed E-state index contributed by atoms with van der Waals surface area (Å²) in [5.41, 5.74) is 7.06. The number of nitrogens with zero attached hydrogens (tertiary/aromatic N) is 4. The van der Waals surface area contributed by atoms with Crippen LogP contribution in [0, 0.1) is 5.92 Å². The molecule has 0 unspecified atom stereocenters. The maximum atomic E-state index is 6.16. The first-order chi connectivity index (χ1) is 15.6. The number of aromatic nitrogens is 4. The van der Waals surface area contributed by atoms with Crippen LogP contribution in [0.5, 0.6) is 11.5 Å². The molecule has 1 aromatic carbocycles. The van der Waals surface area contributed by atoms with Crippen molar-refractivity contribution in [2.24, 2.45) is 5.92 Å². The Labute approximate surface area is 206 Å². The van der Waals surface area contributed by atoms with E-state index in [0.717, 1.165) is 52.5 Å². The summed E-state index contributed by atoms with van der Waals surface area (Å²) in [4.78, 5) is 14.8. The van der Waals surface area contributed by atoms with E-state index in [1.165, 1.54) is 11.8 Å². The monoisotopic (exact) mass is 532 g/mol. The van der Waals surface area contributed by atoms with Crippen LogP contribution in [0.2, 0.25) is 0 Å². The highest BCUT2D eigenvalue weighted by Gasteiger charge is 2.37. The molecule has 8 nitrogen and oxygen atoms in total. The number of aryl methyl sites for hydroxylation is 1. The molecule has 0 saturated carbocycles. The third-order valence-electron chi connectivity index (χ3n) is 6.15. The van der Waals surface area contributed by atoms with Gasteiger partial charge in [-0.25, -0.2) is 15.0 Å². The van der Waals surface area contributed by atoms with E-state index in [2.05, 4.69) is 63.5 Å². The second-order valence-electron chi connectivity index (χ2n) is 10.2. The molecule has 4 aliphatic heterocycles. The van der Waals surface area contributed by atoms with Gasteiger partial charge in [-0.1, -0.05) is 0 Å². The van der Waals surface area contributed by atoms with Crippen LogP contribution in [0.15, 0.2) is 33.0 Å². The van der Waals surface area contributed by atoms with Gasteiger partial charge in [-0.05, 0) is 92.7 Å². The predicted octanol–water partition coefficient (Wildman–Crippen LogP) is 4.95. The largest absolute Gasteiger partial charge is 0.454 e. The predicted molar refractivity (Wildman–Crippen MR) is 132 cm³/mol. The van der Waals surface area contributed by atoms with Crippen molar-refractivity contribution in [1.82, 2.24) is 24.8 Å². The molecule has 1 saturated heterocycles. The first-order valence-corrected chi connectivity index (χ1v) is 12.7. The Morgan fingerprint density at radius 2 is 1.85 bits per heavy atom. The molecule has 4 aliphatic rings. The lowest BCUT2D eigenvalue weighted by Gasteiger charge is -2.46. The first-order valence-electron chi connectivity index (χ1n) is 11.1. The summed E-state index contributed by atoms with van der Waals surface area (Å²) in [7, 11) is 0. The quantitative estimate of drug-likeness (QED) is 0.476. The number of nitrogens with one attached hydrogen (secondary N) is 1. The summed E-state index contributed by atoms with van der Waals surface area (Å²) >= 11 is 5.07. The highest BCUT2D eigenvalue weighted by molar-refractivity contribution is 9.10. The van der Waals surface area contributed by atoms with Crippen molar-refractivity contribution in [3.63, 3.8) is 0 Å². The van der Waals surface area contributed by atoms with Gasteiger partial charge < -0.3 is 25.1 Å². The number of nitrogen functional groups attached to an aromatic ring is 1. The van der Waals surface area contributed by atoms with Gasteiger partial charge in [0.2, 0.25) is 6.79 Å². The maximum absolute atomic E-state index is 6.16. The molecule has 10 heteroatoms. The van der Waals surface area contributed by atoms with Gasteiger partial charge in [0.1, 0.15) is 0 Å². The Balaban J connectivity index is 1.37. The van der Waals surface area contributed by atoms with E-state index in [1.807, 2.05) is 12.1 Å². The van der Waals surface area contributed by atoms with E-state index in [-0.39, 0.29) is 17.9 Å². The molecule has 33 heavy (non-hydrogen) atoms. The standard InChI is InChI=1S/C23H29BrN6O2S/c1-22(2)9-13(10-23(3,4)29-22)5-6-30-11-26-19(25)18-20(30)28-21(27-18)33-17-8-16-15(7-14(17)24)31-12-32-16/h7-8,11,13,29H,5-6,9-10,12,25H2,1-4H3. The Morgan fingerprint density at radius 3 is 2.58 bits per heavy atom. The van der Waals surface area contributed by atoms with Crippen LogP contribution in [-0.4, -0.2) is 37.4 Å². The molecule has 0 bridgehead atoms. The molecule has 0 amide bonds. The van der Waals surface area contributed by atoms with Gasteiger partial charge in [-0.2, -0.15) is 0 Å². The minimum Gasteiger partial charge on any atom is -0.454 e. The van der Waals surface area contributed by atoms with Crippen molar-refractivity contribution in [2.75, 3.05) is 12.5 Å².